The molecule has 9 heteroatoms. The predicted molar refractivity (Wildman–Crippen MR) is 83.4 cm³/mol. The smallest absolute Gasteiger partial charge is 0.358 e. The highest BCUT2D eigenvalue weighted by molar-refractivity contribution is 6.33. The van der Waals surface area contributed by atoms with E-state index in [-0.39, 0.29) is 17.5 Å². The Hall–Kier alpha value is -2.12. The van der Waals surface area contributed by atoms with Crippen LogP contribution in [0.2, 0.25) is 10.0 Å². The molecule has 0 fully saturated rings. The highest BCUT2D eigenvalue weighted by Gasteiger charge is 2.25. The van der Waals surface area contributed by atoms with Gasteiger partial charge in [-0.25, -0.2) is 0 Å². The second kappa shape index (κ2) is 6.33. The minimum atomic E-state index is -0.690. The molecule has 1 aromatic carbocycles. The fraction of sp³-hybridized carbons (Fsp3) is 0.231. The van der Waals surface area contributed by atoms with Crippen LogP contribution < -0.4 is 5.32 Å². The van der Waals surface area contributed by atoms with Gasteiger partial charge in [0.1, 0.15) is 6.54 Å². The van der Waals surface area contributed by atoms with Gasteiger partial charge in [-0.1, -0.05) is 29.3 Å². The number of halogens is 2. The molecule has 0 aliphatic carbocycles. The Bertz CT molecular complexity index is 758. The summed E-state index contributed by atoms with van der Waals surface area (Å²) in [6, 6.07) is 5.14. The lowest BCUT2D eigenvalue weighted by atomic mass is 10.2. The van der Waals surface area contributed by atoms with Gasteiger partial charge in [0.15, 0.2) is 5.02 Å². The van der Waals surface area contributed by atoms with E-state index in [1.54, 1.807) is 32.0 Å². The van der Waals surface area contributed by atoms with Gasteiger partial charge >= 0.3 is 5.82 Å². The highest BCUT2D eigenvalue weighted by atomic mass is 35.5. The van der Waals surface area contributed by atoms with Crippen molar-refractivity contribution in [1.82, 2.24) is 9.78 Å². The number of carbonyl (C=O) groups is 1. The van der Waals surface area contributed by atoms with Crippen molar-refractivity contribution in [3.63, 3.8) is 0 Å². The molecule has 7 nitrogen and oxygen atoms in total. The van der Waals surface area contributed by atoms with Gasteiger partial charge in [-0.2, -0.15) is 4.68 Å². The lowest BCUT2D eigenvalue weighted by molar-refractivity contribution is -0.389. The maximum absolute atomic E-state index is 12.1. The molecule has 1 heterocycles. The minimum absolute atomic E-state index is 0.0725. The van der Waals surface area contributed by atoms with E-state index in [1.807, 2.05) is 0 Å². The normalized spacial score (nSPS) is 10.5. The third kappa shape index (κ3) is 3.20. The third-order valence-electron chi connectivity index (χ3n) is 3.12. The molecule has 1 aromatic heterocycles. The number of nitro groups is 1. The van der Waals surface area contributed by atoms with Gasteiger partial charge in [0.25, 0.3) is 0 Å². The first-order chi connectivity index (χ1) is 10.3. The molecular weight excluding hydrogens is 331 g/mol. The van der Waals surface area contributed by atoms with Gasteiger partial charge in [0, 0.05) is 10.7 Å². The van der Waals surface area contributed by atoms with Crippen LogP contribution >= 0.6 is 23.2 Å². The SMILES string of the molecule is Cc1c(Cl)cccc1NC(=O)Cn1nc([N+](=O)[O-])c(Cl)c1C. The number of hydrogen-bond donors (Lipinski definition) is 1. The Morgan fingerprint density at radius 1 is 1.41 bits per heavy atom. The summed E-state index contributed by atoms with van der Waals surface area (Å²) in [6.07, 6.45) is 0. The Morgan fingerprint density at radius 3 is 2.68 bits per heavy atom. The summed E-state index contributed by atoms with van der Waals surface area (Å²) in [7, 11) is 0. The molecule has 0 spiro atoms. The first-order valence-electron chi connectivity index (χ1n) is 6.23. The zero-order valence-electron chi connectivity index (χ0n) is 11.8. The van der Waals surface area contributed by atoms with Gasteiger partial charge in [0.05, 0.1) is 10.8 Å². The van der Waals surface area contributed by atoms with Crippen molar-refractivity contribution in [3.05, 3.63) is 49.6 Å². The number of amides is 1. The van der Waals surface area contributed by atoms with Crippen LogP contribution in [0, 0.1) is 24.0 Å². The van der Waals surface area contributed by atoms with E-state index >= 15 is 0 Å². The summed E-state index contributed by atoms with van der Waals surface area (Å²) in [5.41, 5.74) is 1.66. The number of anilines is 1. The fourth-order valence-corrected chi connectivity index (χ4v) is 2.23. The largest absolute Gasteiger partial charge is 0.408 e. The summed E-state index contributed by atoms with van der Waals surface area (Å²) in [6.45, 7) is 3.14. The predicted octanol–water partition coefficient (Wildman–Crippen LogP) is 3.35. The molecule has 0 bridgehead atoms. The standard InChI is InChI=1S/C13H12Cl2N4O3/c1-7-9(14)4-3-5-10(7)16-11(20)6-18-8(2)12(15)13(17-18)19(21)22/h3-5H,6H2,1-2H3,(H,16,20). The van der Waals surface area contributed by atoms with Gasteiger partial charge in [-0.3, -0.25) is 4.79 Å². The molecule has 116 valence electrons. The lowest BCUT2D eigenvalue weighted by Gasteiger charge is -2.09. The average molecular weight is 343 g/mol. The van der Waals surface area contributed by atoms with Crippen LogP contribution in [0.5, 0.6) is 0 Å². The first kappa shape index (κ1) is 16.3. The number of benzene rings is 1. The third-order valence-corrected chi connectivity index (χ3v) is 3.98. The summed E-state index contributed by atoms with van der Waals surface area (Å²) >= 11 is 11.8. The summed E-state index contributed by atoms with van der Waals surface area (Å²) < 4.78 is 1.19. The molecule has 0 saturated carbocycles. The number of hydrogen-bond acceptors (Lipinski definition) is 4. The van der Waals surface area contributed by atoms with Crippen LogP contribution in [-0.4, -0.2) is 20.6 Å². The second-order valence-corrected chi connectivity index (χ2v) is 5.38. The summed E-state index contributed by atoms with van der Waals surface area (Å²) in [5, 5.41) is 17.7. The number of nitrogens with zero attached hydrogens (tertiary/aromatic N) is 3. The van der Waals surface area contributed by atoms with Crippen molar-refractivity contribution in [2.75, 3.05) is 5.32 Å². The Labute approximate surface area is 136 Å². The van der Waals surface area contributed by atoms with Crippen molar-refractivity contribution in [2.45, 2.75) is 20.4 Å². The second-order valence-electron chi connectivity index (χ2n) is 4.60. The lowest BCUT2D eigenvalue weighted by Crippen LogP contribution is -2.20. The number of aromatic nitrogens is 2. The molecule has 0 saturated heterocycles. The molecule has 0 atom stereocenters. The number of carbonyl (C=O) groups excluding carboxylic acids is 1. The molecule has 1 amide bonds. The number of rotatable bonds is 4. The van der Waals surface area contributed by atoms with E-state index < -0.39 is 10.7 Å². The van der Waals surface area contributed by atoms with Gasteiger partial charge in [-0.05, 0) is 36.5 Å². The van der Waals surface area contributed by atoms with Crippen LogP contribution in [0.25, 0.3) is 0 Å². The topological polar surface area (TPSA) is 90.1 Å². The van der Waals surface area contributed by atoms with E-state index in [1.165, 1.54) is 4.68 Å². The monoisotopic (exact) mass is 342 g/mol. The molecule has 22 heavy (non-hydrogen) atoms. The van der Waals surface area contributed by atoms with Crippen molar-refractivity contribution >= 4 is 40.6 Å². The highest BCUT2D eigenvalue weighted by Crippen LogP contribution is 2.26. The van der Waals surface area contributed by atoms with Crippen molar-refractivity contribution < 1.29 is 9.72 Å². The zero-order valence-corrected chi connectivity index (χ0v) is 13.3. The van der Waals surface area contributed by atoms with E-state index in [0.29, 0.717) is 16.4 Å². The fourth-order valence-electron chi connectivity index (χ4n) is 1.85. The minimum Gasteiger partial charge on any atom is -0.358 e. The molecule has 0 aliphatic heterocycles. The van der Waals surface area contributed by atoms with E-state index in [2.05, 4.69) is 10.4 Å². The molecule has 2 aromatic rings. The number of nitrogens with one attached hydrogen (secondary N) is 1. The zero-order chi connectivity index (χ0) is 16.4. The van der Waals surface area contributed by atoms with Gasteiger partial charge in [-0.15, -0.1) is 0 Å². The van der Waals surface area contributed by atoms with Gasteiger partial charge in [0.2, 0.25) is 5.91 Å². The Morgan fingerprint density at radius 2 is 2.09 bits per heavy atom. The maximum Gasteiger partial charge on any atom is 0.408 e. The van der Waals surface area contributed by atoms with Crippen molar-refractivity contribution in [3.8, 4) is 0 Å². The van der Waals surface area contributed by atoms with Crippen LogP contribution in [0.3, 0.4) is 0 Å². The molecule has 0 unspecified atom stereocenters. The van der Waals surface area contributed by atoms with E-state index in [9.17, 15) is 14.9 Å². The maximum atomic E-state index is 12.1. The van der Waals surface area contributed by atoms with Gasteiger partial charge < -0.3 is 15.4 Å². The molecule has 1 N–H and O–H groups in total. The Kier molecular flexibility index (Phi) is 4.68. The van der Waals surface area contributed by atoms with Crippen molar-refractivity contribution in [1.29, 1.82) is 0 Å². The van der Waals surface area contributed by atoms with Crippen LogP contribution in [0.1, 0.15) is 11.3 Å². The molecule has 0 aliphatic rings. The summed E-state index contributed by atoms with van der Waals surface area (Å²) in [5.74, 6) is -0.853. The molecule has 2 rings (SSSR count). The van der Waals surface area contributed by atoms with E-state index in [4.69, 9.17) is 23.2 Å². The Balaban J connectivity index is 2.18. The molecule has 0 radical (unpaired) electrons. The quantitative estimate of drug-likeness (QED) is 0.681. The van der Waals surface area contributed by atoms with Crippen LogP contribution in [0.15, 0.2) is 18.2 Å². The molecular formula is C13H12Cl2N4O3. The first-order valence-corrected chi connectivity index (χ1v) is 6.99. The van der Waals surface area contributed by atoms with Crippen molar-refractivity contribution in [2.24, 2.45) is 0 Å². The van der Waals surface area contributed by atoms with E-state index in [0.717, 1.165) is 5.56 Å². The summed E-state index contributed by atoms with van der Waals surface area (Å²) in [4.78, 5) is 22.1. The van der Waals surface area contributed by atoms with Crippen LogP contribution in [-0.2, 0) is 11.3 Å². The van der Waals surface area contributed by atoms with Crippen LogP contribution in [0.4, 0.5) is 11.5 Å². The average Bonchev–Trinajstić information content (AvgIpc) is 2.72.